The maximum Gasteiger partial charge on any atom is 0.343 e. The number of rotatable bonds is 7. The number of ether oxygens (including phenoxy) is 2. The third-order valence-corrected chi connectivity index (χ3v) is 4.55. The first kappa shape index (κ1) is 19.8. The predicted molar refractivity (Wildman–Crippen MR) is 96.9 cm³/mol. The first-order valence-electron chi connectivity index (χ1n) is 8.79. The van der Waals surface area contributed by atoms with E-state index >= 15 is 0 Å². The minimum atomic E-state index is -0.523. The first-order chi connectivity index (χ1) is 12.4. The van der Waals surface area contributed by atoms with Gasteiger partial charge in [-0.15, -0.1) is 0 Å². The molecular weight excluding hydrogens is 336 g/mol. The summed E-state index contributed by atoms with van der Waals surface area (Å²) >= 11 is 0. The van der Waals surface area contributed by atoms with Crippen LogP contribution >= 0.6 is 0 Å². The lowest BCUT2D eigenvalue weighted by molar-refractivity contribution is -0.142. The van der Waals surface area contributed by atoms with Crippen LogP contribution in [-0.2, 0) is 19.1 Å². The van der Waals surface area contributed by atoms with Gasteiger partial charge in [0.05, 0.1) is 7.11 Å². The number of esters is 1. The Hall–Kier alpha value is -2.57. The number of hydrogen-bond acceptors (Lipinski definition) is 5. The fourth-order valence-corrected chi connectivity index (χ4v) is 3.19. The molecule has 0 saturated heterocycles. The number of anilines is 1. The van der Waals surface area contributed by atoms with E-state index in [0.717, 1.165) is 31.2 Å². The van der Waals surface area contributed by atoms with E-state index in [1.165, 1.54) is 14.0 Å². The molecule has 2 rings (SSSR count). The van der Waals surface area contributed by atoms with E-state index in [9.17, 15) is 14.4 Å². The highest BCUT2D eigenvalue weighted by Gasteiger charge is 2.31. The van der Waals surface area contributed by atoms with Gasteiger partial charge in [0.1, 0.15) is 11.8 Å². The molecule has 1 fully saturated rings. The summed E-state index contributed by atoms with van der Waals surface area (Å²) in [5.41, 5.74) is 1.45. The zero-order valence-electron chi connectivity index (χ0n) is 15.5. The average molecular weight is 362 g/mol. The van der Waals surface area contributed by atoms with Crippen LogP contribution in [0.1, 0.15) is 38.2 Å². The van der Waals surface area contributed by atoms with Gasteiger partial charge in [-0.3, -0.25) is 9.59 Å². The zero-order valence-corrected chi connectivity index (χ0v) is 15.5. The van der Waals surface area contributed by atoms with Crippen molar-refractivity contribution in [1.82, 2.24) is 5.32 Å². The van der Waals surface area contributed by atoms with Gasteiger partial charge >= 0.3 is 5.97 Å². The Morgan fingerprint density at radius 1 is 1.23 bits per heavy atom. The minimum Gasteiger partial charge on any atom is -0.482 e. The average Bonchev–Trinajstić information content (AvgIpc) is 3.13. The van der Waals surface area contributed by atoms with Crippen molar-refractivity contribution < 1.29 is 23.9 Å². The van der Waals surface area contributed by atoms with Crippen molar-refractivity contribution in [1.29, 1.82) is 0 Å². The fourth-order valence-electron chi connectivity index (χ4n) is 3.19. The van der Waals surface area contributed by atoms with Crippen LogP contribution in [0.25, 0.3) is 0 Å². The Balaban J connectivity index is 2.04. The van der Waals surface area contributed by atoms with Gasteiger partial charge in [-0.05, 0) is 49.4 Å². The van der Waals surface area contributed by atoms with E-state index in [4.69, 9.17) is 4.74 Å². The highest BCUT2D eigenvalue weighted by Crippen LogP contribution is 2.29. The molecule has 1 saturated carbocycles. The number of carbonyl (C=O) groups excluding carboxylic acids is 3. The van der Waals surface area contributed by atoms with Gasteiger partial charge in [0, 0.05) is 12.6 Å². The van der Waals surface area contributed by atoms with Gasteiger partial charge in [-0.25, -0.2) is 4.79 Å². The van der Waals surface area contributed by atoms with Crippen LogP contribution < -0.4 is 15.4 Å². The van der Waals surface area contributed by atoms with E-state index in [0.29, 0.717) is 11.4 Å². The number of nitrogens with one attached hydrogen (secondary N) is 2. The molecule has 1 aliphatic carbocycles. The fraction of sp³-hybridized carbons (Fsp3) is 0.526. The lowest BCUT2D eigenvalue weighted by Gasteiger charge is -2.23. The van der Waals surface area contributed by atoms with Gasteiger partial charge in [-0.1, -0.05) is 12.8 Å². The molecule has 0 radical (unpaired) electrons. The Bertz CT molecular complexity index is 668. The van der Waals surface area contributed by atoms with Crippen LogP contribution in [0.15, 0.2) is 18.2 Å². The second-order valence-electron chi connectivity index (χ2n) is 6.55. The van der Waals surface area contributed by atoms with Crippen LogP contribution in [0, 0.1) is 12.8 Å². The van der Waals surface area contributed by atoms with E-state index in [1.54, 1.807) is 18.2 Å². The Kier molecular flexibility index (Phi) is 7.00. The molecule has 0 aliphatic heterocycles. The predicted octanol–water partition coefficient (Wildman–Crippen LogP) is 2.18. The van der Waals surface area contributed by atoms with Gasteiger partial charge in [0.15, 0.2) is 6.61 Å². The molecule has 0 spiro atoms. The quantitative estimate of drug-likeness (QED) is 0.725. The van der Waals surface area contributed by atoms with Crippen LogP contribution in [0.2, 0.25) is 0 Å². The molecule has 1 atom stereocenters. The van der Waals surface area contributed by atoms with Crippen LogP contribution in [0.4, 0.5) is 5.69 Å². The van der Waals surface area contributed by atoms with Gasteiger partial charge in [0.2, 0.25) is 11.8 Å². The second kappa shape index (κ2) is 9.22. The monoisotopic (exact) mass is 362 g/mol. The molecule has 2 N–H and O–H groups in total. The summed E-state index contributed by atoms with van der Waals surface area (Å²) < 4.78 is 9.87. The molecule has 1 aromatic carbocycles. The molecule has 1 aromatic rings. The number of hydrogen-bond donors (Lipinski definition) is 2. The van der Waals surface area contributed by atoms with E-state index in [2.05, 4.69) is 15.4 Å². The number of methoxy groups -OCH3 is 1. The van der Waals surface area contributed by atoms with Crippen molar-refractivity contribution in [2.45, 2.75) is 45.6 Å². The van der Waals surface area contributed by atoms with Crippen molar-refractivity contribution in [3.8, 4) is 5.75 Å². The third-order valence-electron chi connectivity index (χ3n) is 4.55. The van der Waals surface area contributed by atoms with E-state index < -0.39 is 12.0 Å². The standard InChI is InChI=1S/C19H26N2O5/c1-12-10-15(26-11-17(23)25-3)8-9-16(12)21-19(24)18(20-13(2)22)14-6-4-5-7-14/h8-10,14,18H,4-7,11H2,1-3H3,(H,20,22)(H,21,24). The van der Waals surface area contributed by atoms with Crippen molar-refractivity contribution in [2.24, 2.45) is 5.92 Å². The summed E-state index contributed by atoms with van der Waals surface area (Å²) in [5, 5.41) is 5.68. The lowest BCUT2D eigenvalue weighted by atomic mass is 9.97. The topological polar surface area (TPSA) is 93.7 Å². The molecule has 1 aliphatic rings. The van der Waals surface area contributed by atoms with Gasteiger partial charge in [-0.2, -0.15) is 0 Å². The van der Waals surface area contributed by atoms with Crippen molar-refractivity contribution in [3.05, 3.63) is 23.8 Å². The van der Waals surface area contributed by atoms with Crippen LogP contribution in [0.5, 0.6) is 5.75 Å². The SMILES string of the molecule is COC(=O)COc1ccc(NC(=O)C(NC(C)=O)C2CCCC2)c(C)c1. The summed E-state index contributed by atoms with van der Waals surface area (Å²) in [7, 11) is 1.30. The number of carbonyl (C=O) groups is 3. The molecule has 0 bridgehead atoms. The zero-order chi connectivity index (χ0) is 19.1. The van der Waals surface area contributed by atoms with Crippen molar-refractivity contribution in [3.63, 3.8) is 0 Å². The molecule has 0 heterocycles. The Morgan fingerprint density at radius 2 is 1.92 bits per heavy atom. The highest BCUT2D eigenvalue weighted by molar-refractivity contribution is 5.97. The van der Waals surface area contributed by atoms with Crippen molar-refractivity contribution in [2.75, 3.05) is 19.0 Å². The third kappa shape index (κ3) is 5.47. The Morgan fingerprint density at radius 3 is 2.50 bits per heavy atom. The van der Waals surface area contributed by atoms with Crippen LogP contribution in [0.3, 0.4) is 0 Å². The molecule has 1 unspecified atom stereocenters. The lowest BCUT2D eigenvalue weighted by Crippen LogP contribution is -2.47. The van der Waals surface area contributed by atoms with Crippen LogP contribution in [-0.4, -0.2) is 37.5 Å². The summed E-state index contributed by atoms with van der Waals surface area (Å²) in [5.74, 6) is -0.199. The number of aryl methyl sites for hydroxylation is 1. The molecule has 7 nitrogen and oxygen atoms in total. The van der Waals surface area contributed by atoms with E-state index in [-0.39, 0.29) is 24.3 Å². The van der Waals surface area contributed by atoms with Gasteiger partial charge in [0.25, 0.3) is 0 Å². The number of benzene rings is 1. The highest BCUT2D eigenvalue weighted by atomic mass is 16.6. The van der Waals surface area contributed by atoms with Gasteiger partial charge < -0.3 is 20.1 Å². The summed E-state index contributed by atoms with van der Waals surface area (Å²) in [4.78, 5) is 35.3. The smallest absolute Gasteiger partial charge is 0.343 e. The molecular formula is C19H26N2O5. The molecule has 26 heavy (non-hydrogen) atoms. The molecule has 142 valence electrons. The normalized spacial score (nSPS) is 15.2. The Labute approximate surface area is 153 Å². The minimum absolute atomic E-state index is 0.168. The molecule has 0 aromatic heterocycles. The number of amides is 2. The maximum absolute atomic E-state index is 12.7. The largest absolute Gasteiger partial charge is 0.482 e. The summed E-state index contributed by atoms with van der Waals surface area (Å²) in [6, 6.07) is 4.61. The summed E-state index contributed by atoms with van der Waals surface area (Å²) in [6.07, 6.45) is 4.05. The second-order valence-corrected chi connectivity index (χ2v) is 6.55. The molecule has 7 heteroatoms. The first-order valence-corrected chi connectivity index (χ1v) is 8.79. The maximum atomic E-state index is 12.7. The van der Waals surface area contributed by atoms with Crippen molar-refractivity contribution >= 4 is 23.5 Å². The summed E-state index contributed by atoms with van der Waals surface area (Å²) in [6.45, 7) is 3.09. The molecule has 2 amide bonds. The van der Waals surface area contributed by atoms with E-state index in [1.807, 2.05) is 6.92 Å².